The number of hydrogen-bond acceptors (Lipinski definition) is 3. The Kier molecular flexibility index (Phi) is 3.88. The SMILES string of the molecule is COC1(C)CCCN(c2ccc(CO)cc2F)C1. The molecule has 2 rings (SSSR count). The molecule has 1 aromatic rings. The predicted octanol–water partition coefficient (Wildman–Crippen LogP) is 2.32. The Labute approximate surface area is 107 Å². The zero-order valence-electron chi connectivity index (χ0n) is 10.9. The van der Waals surface area contributed by atoms with Crippen molar-refractivity contribution in [3.05, 3.63) is 29.6 Å². The van der Waals surface area contributed by atoms with E-state index in [9.17, 15) is 4.39 Å². The van der Waals surface area contributed by atoms with E-state index in [1.54, 1.807) is 19.2 Å². The molecule has 1 unspecified atom stereocenters. The van der Waals surface area contributed by atoms with Crippen molar-refractivity contribution in [2.45, 2.75) is 32.0 Å². The van der Waals surface area contributed by atoms with Gasteiger partial charge in [-0.15, -0.1) is 0 Å². The molecule has 100 valence electrons. The molecule has 0 bridgehead atoms. The number of hydrogen-bond donors (Lipinski definition) is 1. The van der Waals surface area contributed by atoms with Gasteiger partial charge in [0.15, 0.2) is 0 Å². The second-order valence-electron chi connectivity index (χ2n) is 5.12. The number of nitrogens with zero attached hydrogens (tertiary/aromatic N) is 1. The second kappa shape index (κ2) is 5.24. The van der Waals surface area contributed by atoms with Crippen LogP contribution in [-0.4, -0.2) is 30.9 Å². The summed E-state index contributed by atoms with van der Waals surface area (Å²) in [5.41, 5.74) is 0.985. The number of benzene rings is 1. The van der Waals surface area contributed by atoms with Gasteiger partial charge in [-0.25, -0.2) is 4.39 Å². The molecule has 0 spiro atoms. The molecule has 3 nitrogen and oxygen atoms in total. The van der Waals surface area contributed by atoms with Crippen LogP contribution in [-0.2, 0) is 11.3 Å². The van der Waals surface area contributed by atoms with Gasteiger partial charge in [0.1, 0.15) is 5.82 Å². The lowest BCUT2D eigenvalue weighted by molar-refractivity contribution is -0.00477. The fraction of sp³-hybridized carbons (Fsp3) is 0.571. The zero-order valence-corrected chi connectivity index (χ0v) is 10.9. The lowest BCUT2D eigenvalue weighted by atomic mass is 9.94. The number of halogens is 1. The first kappa shape index (κ1) is 13.3. The summed E-state index contributed by atoms with van der Waals surface area (Å²) in [7, 11) is 1.70. The highest BCUT2D eigenvalue weighted by molar-refractivity contribution is 5.50. The number of methoxy groups -OCH3 is 1. The van der Waals surface area contributed by atoms with Gasteiger partial charge < -0.3 is 14.7 Å². The third-order valence-electron chi connectivity index (χ3n) is 3.69. The summed E-state index contributed by atoms with van der Waals surface area (Å²) < 4.78 is 19.5. The molecule has 0 amide bonds. The highest BCUT2D eigenvalue weighted by Gasteiger charge is 2.31. The molecule has 1 aliphatic rings. The van der Waals surface area contributed by atoms with E-state index >= 15 is 0 Å². The minimum atomic E-state index is -0.276. The van der Waals surface area contributed by atoms with Gasteiger partial charge in [-0.2, -0.15) is 0 Å². The normalized spacial score (nSPS) is 24.3. The van der Waals surface area contributed by atoms with Crippen LogP contribution in [0.5, 0.6) is 0 Å². The maximum atomic E-state index is 14.0. The van der Waals surface area contributed by atoms with Crippen LogP contribution in [0, 0.1) is 5.82 Å². The van der Waals surface area contributed by atoms with Crippen molar-refractivity contribution in [1.29, 1.82) is 0 Å². The fourth-order valence-electron chi connectivity index (χ4n) is 2.48. The molecule has 0 saturated carbocycles. The van der Waals surface area contributed by atoms with Gasteiger partial charge in [0.2, 0.25) is 0 Å². The third-order valence-corrected chi connectivity index (χ3v) is 3.69. The van der Waals surface area contributed by atoms with E-state index in [0.717, 1.165) is 19.4 Å². The molecule has 1 aliphatic heterocycles. The number of piperidine rings is 1. The zero-order chi connectivity index (χ0) is 13.2. The molecule has 0 aliphatic carbocycles. The molecule has 4 heteroatoms. The van der Waals surface area contributed by atoms with Gasteiger partial charge in [-0.05, 0) is 37.5 Å². The molecule has 1 heterocycles. The molecular formula is C14H20FNO2. The minimum absolute atomic E-state index is 0.132. The maximum absolute atomic E-state index is 14.0. The van der Waals surface area contributed by atoms with Gasteiger partial charge >= 0.3 is 0 Å². The molecule has 1 saturated heterocycles. The average molecular weight is 253 g/mol. The summed E-state index contributed by atoms with van der Waals surface area (Å²) in [6, 6.07) is 4.90. The summed E-state index contributed by atoms with van der Waals surface area (Å²) >= 11 is 0. The van der Waals surface area contributed by atoms with Crippen molar-refractivity contribution in [2.75, 3.05) is 25.1 Å². The van der Waals surface area contributed by atoms with Gasteiger partial charge in [0, 0.05) is 20.2 Å². The van der Waals surface area contributed by atoms with Gasteiger partial charge in [-0.1, -0.05) is 6.07 Å². The summed E-state index contributed by atoms with van der Waals surface area (Å²) in [6.07, 6.45) is 1.99. The van der Waals surface area contributed by atoms with E-state index in [-0.39, 0.29) is 18.0 Å². The van der Waals surface area contributed by atoms with Crippen molar-refractivity contribution < 1.29 is 14.2 Å². The van der Waals surface area contributed by atoms with Crippen LogP contribution in [0.4, 0.5) is 10.1 Å². The number of aliphatic hydroxyl groups is 1. The summed E-state index contributed by atoms with van der Waals surface area (Å²) in [5.74, 6) is -0.276. The highest BCUT2D eigenvalue weighted by atomic mass is 19.1. The van der Waals surface area contributed by atoms with Crippen LogP contribution in [0.1, 0.15) is 25.3 Å². The van der Waals surface area contributed by atoms with E-state index in [0.29, 0.717) is 17.8 Å². The Bertz CT molecular complexity index is 424. The van der Waals surface area contributed by atoms with Gasteiger partial charge in [0.25, 0.3) is 0 Å². The summed E-state index contributed by atoms with van der Waals surface area (Å²) in [6.45, 7) is 3.46. The number of aliphatic hydroxyl groups excluding tert-OH is 1. The molecule has 1 atom stereocenters. The molecular weight excluding hydrogens is 233 g/mol. The summed E-state index contributed by atoms with van der Waals surface area (Å²) in [4.78, 5) is 2.02. The van der Waals surface area contributed by atoms with Crippen LogP contribution in [0.25, 0.3) is 0 Å². The Morgan fingerprint density at radius 1 is 1.50 bits per heavy atom. The summed E-state index contributed by atoms with van der Waals surface area (Å²) in [5, 5.41) is 8.98. The molecule has 1 fully saturated rings. The van der Waals surface area contributed by atoms with Crippen molar-refractivity contribution >= 4 is 5.69 Å². The smallest absolute Gasteiger partial charge is 0.146 e. The molecule has 1 N–H and O–H groups in total. The first-order valence-electron chi connectivity index (χ1n) is 6.27. The highest BCUT2D eigenvalue weighted by Crippen LogP contribution is 2.29. The molecule has 0 aromatic heterocycles. The average Bonchev–Trinajstić information content (AvgIpc) is 2.38. The quantitative estimate of drug-likeness (QED) is 0.897. The fourth-order valence-corrected chi connectivity index (χ4v) is 2.48. The maximum Gasteiger partial charge on any atom is 0.146 e. The van der Waals surface area contributed by atoms with Crippen LogP contribution >= 0.6 is 0 Å². The van der Waals surface area contributed by atoms with E-state index in [1.807, 2.05) is 4.90 Å². The van der Waals surface area contributed by atoms with E-state index in [4.69, 9.17) is 9.84 Å². The first-order chi connectivity index (χ1) is 8.58. The number of ether oxygens (including phenoxy) is 1. The molecule has 1 aromatic carbocycles. The number of anilines is 1. The van der Waals surface area contributed by atoms with Crippen LogP contribution in [0.3, 0.4) is 0 Å². The largest absolute Gasteiger partial charge is 0.392 e. The number of rotatable bonds is 3. The van der Waals surface area contributed by atoms with Crippen LogP contribution < -0.4 is 4.90 Å². The monoisotopic (exact) mass is 253 g/mol. The van der Waals surface area contributed by atoms with Gasteiger partial charge in [0.05, 0.1) is 17.9 Å². The molecule has 0 radical (unpaired) electrons. The standard InChI is InChI=1S/C14H20FNO2/c1-14(18-2)6-3-7-16(10-14)13-5-4-11(9-17)8-12(13)15/h4-5,8,17H,3,6-7,9-10H2,1-2H3. The first-order valence-corrected chi connectivity index (χ1v) is 6.27. The van der Waals surface area contributed by atoms with E-state index in [2.05, 4.69) is 6.92 Å². The third kappa shape index (κ3) is 2.65. The van der Waals surface area contributed by atoms with Crippen LogP contribution in [0.2, 0.25) is 0 Å². The van der Waals surface area contributed by atoms with Crippen molar-refractivity contribution in [2.24, 2.45) is 0 Å². The Morgan fingerprint density at radius 3 is 2.89 bits per heavy atom. The van der Waals surface area contributed by atoms with Crippen molar-refractivity contribution in [3.63, 3.8) is 0 Å². The van der Waals surface area contributed by atoms with E-state index < -0.39 is 0 Å². The molecule has 18 heavy (non-hydrogen) atoms. The Hall–Kier alpha value is -1.13. The second-order valence-corrected chi connectivity index (χ2v) is 5.12. The lowest BCUT2D eigenvalue weighted by Crippen LogP contribution is -2.47. The topological polar surface area (TPSA) is 32.7 Å². The Morgan fingerprint density at radius 2 is 2.28 bits per heavy atom. The van der Waals surface area contributed by atoms with Crippen molar-refractivity contribution in [1.82, 2.24) is 0 Å². The minimum Gasteiger partial charge on any atom is -0.392 e. The van der Waals surface area contributed by atoms with Crippen molar-refractivity contribution in [3.8, 4) is 0 Å². The Balaban J connectivity index is 2.21. The van der Waals surface area contributed by atoms with Gasteiger partial charge in [-0.3, -0.25) is 0 Å². The van der Waals surface area contributed by atoms with E-state index in [1.165, 1.54) is 6.07 Å². The predicted molar refractivity (Wildman–Crippen MR) is 69.2 cm³/mol. The lowest BCUT2D eigenvalue weighted by Gasteiger charge is -2.40. The van der Waals surface area contributed by atoms with Crippen LogP contribution in [0.15, 0.2) is 18.2 Å².